The molecule has 0 radical (unpaired) electrons. The Hall–Kier alpha value is -2.06. The van der Waals surface area contributed by atoms with Crippen molar-refractivity contribution in [1.29, 1.82) is 0 Å². The van der Waals surface area contributed by atoms with Gasteiger partial charge in [0.2, 0.25) is 10.0 Å². The zero-order chi connectivity index (χ0) is 18.9. The Bertz CT molecular complexity index is 892. The Morgan fingerprint density at radius 2 is 1.96 bits per heavy atom. The molecule has 0 aliphatic carbocycles. The van der Waals surface area contributed by atoms with Crippen LogP contribution in [-0.4, -0.2) is 50.1 Å². The van der Waals surface area contributed by atoms with Gasteiger partial charge in [-0.1, -0.05) is 0 Å². The molecule has 3 rings (SSSR count). The number of fused-ring (bicyclic) bond motifs is 1. The van der Waals surface area contributed by atoms with E-state index < -0.39 is 10.0 Å². The van der Waals surface area contributed by atoms with Crippen LogP contribution in [0.4, 0.5) is 0 Å². The van der Waals surface area contributed by atoms with Gasteiger partial charge in [0.25, 0.3) is 0 Å². The average molecular weight is 379 g/mol. The minimum atomic E-state index is -3.62. The van der Waals surface area contributed by atoms with Crippen molar-refractivity contribution >= 4 is 10.0 Å². The first-order valence-corrected chi connectivity index (χ1v) is 9.99. The van der Waals surface area contributed by atoms with E-state index in [-0.39, 0.29) is 10.8 Å². The summed E-state index contributed by atoms with van der Waals surface area (Å²) in [7, 11) is 1.05. The highest BCUT2D eigenvalue weighted by atomic mass is 32.2. The van der Waals surface area contributed by atoms with Crippen LogP contribution in [0.1, 0.15) is 17.8 Å². The van der Waals surface area contributed by atoms with Crippen molar-refractivity contribution in [3.8, 4) is 11.5 Å². The molecule has 0 fully saturated rings. The van der Waals surface area contributed by atoms with Crippen LogP contribution in [0, 0.1) is 12.8 Å². The van der Waals surface area contributed by atoms with Crippen molar-refractivity contribution in [3.05, 3.63) is 35.9 Å². The SMILES string of the molecule is COc1cc(C)c(S(=O)(=O)N(C)CC2CCc3nccn3C2)cc1OC. The smallest absolute Gasteiger partial charge is 0.243 e. The lowest BCUT2D eigenvalue weighted by Gasteiger charge is -2.28. The lowest BCUT2D eigenvalue weighted by Crippen LogP contribution is -2.35. The van der Waals surface area contributed by atoms with Crippen LogP contribution in [0.5, 0.6) is 11.5 Å². The van der Waals surface area contributed by atoms with Gasteiger partial charge in [-0.3, -0.25) is 0 Å². The summed E-state index contributed by atoms with van der Waals surface area (Å²) in [5.41, 5.74) is 0.634. The summed E-state index contributed by atoms with van der Waals surface area (Å²) in [6.07, 6.45) is 5.56. The number of rotatable bonds is 6. The maximum absolute atomic E-state index is 13.1. The van der Waals surface area contributed by atoms with E-state index >= 15 is 0 Å². The standard InChI is InChI=1S/C18H25N3O4S/c1-13-9-15(24-3)16(25-4)10-17(13)26(22,23)20(2)11-14-5-6-18-19-7-8-21(18)12-14/h7-10,14H,5-6,11-12H2,1-4H3. The van der Waals surface area contributed by atoms with Gasteiger partial charge in [0.15, 0.2) is 11.5 Å². The molecule has 2 heterocycles. The highest BCUT2D eigenvalue weighted by Crippen LogP contribution is 2.33. The van der Waals surface area contributed by atoms with E-state index in [2.05, 4.69) is 9.55 Å². The first kappa shape index (κ1) is 18.7. The van der Waals surface area contributed by atoms with E-state index in [1.54, 1.807) is 26.2 Å². The van der Waals surface area contributed by atoms with Gasteiger partial charge >= 0.3 is 0 Å². The van der Waals surface area contributed by atoms with Gasteiger partial charge in [-0.05, 0) is 30.9 Å². The summed E-state index contributed by atoms with van der Waals surface area (Å²) in [5.74, 6) is 2.26. The molecule has 1 aromatic carbocycles. The number of sulfonamides is 1. The third-order valence-corrected chi connectivity index (χ3v) is 6.88. The van der Waals surface area contributed by atoms with Gasteiger partial charge < -0.3 is 14.0 Å². The van der Waals surface area contributed by atoms with Crippen molar-refractivity contribution in [2.75, 3.05) is 27.8 Å². The summed E-state index contributed by atoms with van der Waals surface area (Å²) in [5, 5.41) is 0. The lowest BCUT2D eigenvalue weighted by atomic mass is 10.00. The van der Waals surface area contributed by atoms with Gasteiger partial charge in [0, 0.05) is 45.0 Å². The fraction of sp³-hybridized carbons (Fsp3) is 0.500. The maximum atomic E-state index is 13.1. The number of benzene rings is 1. The maximum Gasteiger partial charge on any atom is 0.243 e. The molecular weight excluding hydrogens is 354 g/mol. The number of ether oxygens (including phenoxy) is 2. The highest BCUT2D eigenvalue weighted by molar-refractivity contribution is 7.89. The molecule has 142 valence electrons. The van der Waals surface area contributed by atoms with Crippen molar-refractivity contribution in [2.24, 2.45) is 5.92 Å². The van der Waals surface area contributed by atoms with Crippen molar-refractivity contribution in [3.63, 3.8) is 0 Å². The Balaban J connectivity index is 1.82. The fourth-order valence-corrected chi connectivity index (χ4v) is 4.92. The summed E-state index contributed by atoms with van der Waals surface area (Å²) in [6.45, 7) is 3.02. The molecule has 1 unspecified atom stereocenters. The largest absolute Gasteiger partial charge is 0.493 e. The second kappa shape index (κ2) is 7.28. The van der Waals surface area contributed by atoms with Crippen LogP contribution >= 0.6 is 0 Å². The van der Waals surface area contributed by atoms with Crippen LogP contribution in [0.15, 0.2) is 29.4 Å². The molecule has 0 saturated heterocycles. The predicted octanol–water partition coefficient (Wildman–Crippen LogP) is 2.09. The van der Waals surface area contributed by atoms with E-state index in [9.17, 15) is 8.42 Å². The van der Waals surface area contributed by atoms with E-state index in [1.807, 2.05) is 6.20 Å². The third-order valence-electron chi connectivity index (χ3n) is 4.92. The first-order valence-electron chi connectivity index (χ1n) is 8.55. The molecule has 1 atom stereocenters. The number of nitrogens with zero attached hydrogens (tertiary/aromatic N) is 3. The number of imidazole rings is 1. The second-order valence-electron chi connectivity index (χ2n) is 6.66. The van der Waals surface area contributed by atoms with Crippen LogP contribution in [0.2, 0.25) is 0 Å². The molecule has 8 heteroatoms. The lowest BCUT2D eigenvalue weighted by molar-refractivity contribution is 0.303. The average Bonchev–Trinajstić information content (AvgIpc) is 3.08. The molecule has 0 saturated carbocycles. The minimum absolute atomic E-state index is 0.247. The monoisotopic (exact) mass is 379 g/mol. The van der Waals surface area contributed by atoms with Crippen LogP contribution < -0.4 is 9.47 Å². The molecule has 0 N–H and O–H groups in total. The predicted molar refractivity (Wildman–Crippen MR) is 98.1 cm³/mol. The molecule has 0 spiro atoms. The minimum Gasteiger partial charge on any atom is -0.493 e. The van der Waals surface area contributed by atoms with Crippen molar-refractivity contribution in [2.45, 2.75) is 31.2 Å². The van der Waals surface area contributed by atoms with Crippen LogP contribution in [0.3, 0.4) is 0 Å². The number of methoxy groups -OCH3 is 2. The molecule has 1 aliphatic rings. The number of hydrogen-bond acceptors (Lipinski definition) is 5. The summed E-state index contributed by atoms with van der Waals surface area (Å²) < 4.78 is 40.3. The Kier molecular flexibility index (Phi) is 5.24. The van der Waals surface area contributed by atoms with Gasteiger partial charge in [-0.25, -0.2) is 17.7 Å². The van der Waals surface area contributed by atoms with Crippen LogP contribution in [-0.2, 0) is 23.0 Å². The molecule has 1 aliphatic heterocycles. The van der Waals surface area contributed by atoms with Gasteiger partial charge in [0.1, 0.15) is 5.82 Å². The molecule has 0 bridgehead atoms. The third kappa shape index (κ3) is 3.43. The molecule has 0 amide bonds. The highest BCUT2D eigenvalue weighted by Gasteiger charge is 2.28. The topological polar surface area (TPSA) is 73.7 Å². The number of hydrogen-bond donors (Lipinski definition) is 0. The Labute approximate surface area is 154 Å². The molecular formula is C18H25N3O4S. The summed E-state index contributed by atoms with van der Waals surface area (Å²) >= 11 is 0. The van der Waals surface area contributed by atoms with Gasteiger partial charge in [0.05, 0.1) is 19.1 Å². The number of aromatic nitrogens is 2. The van der Waals surface area contributed by atoms with Gasteiger partial charge in [-0.15, -0.1) is 0 Å². The van der Waals surface area contributed by atoms with Crippen molar-refractivity contribution < 1.29 is 17.9 Å². The fourth-order valence-electron chi connectivity index (χ4n) is 3.46. The van der Waals surface area contributed by atoms with E-state index in [1.165, 1.54) is 24.6 Å². The summed E-state index contributed by atoms with van der Waals surface area (Å²) in [4.78, 5) is 4.57. The van der Waals surface area contributed by atoms with Crippen LogP contribution in [0.25, 0.3) is 0 Å². The molecule has 1 aromatic heterocycles. The normalized spacial score (nSPS) is 17.2. The van der Waals surface area contributed by atoms with Crippen molar-refractivity contribution in [1.82, 2.24) is 13.9 Å². The quantitative estimate of drug-likeness (QED) is 0.768. The zero-order valence-electron chi connectivity index (χ0n) is 15.6. The van der Waals surface area contributed by atoms with Gasteiger partial charge in [-0.2, -0.15) is 0 Å². The van der Waals surface area contributed by atoms with E-state index in [4.69, 9.17) is 9.47 Å². The molecule has 2 aromatic rings. The zero-order valence-corrected chi connectivity index (χ0v) is 16.4. The second-order valence-corrected chi connectivity index (χ2v) is 8.67. The first-order chi connectivity index (χ1) is 12.4. The number of aryl methyl sites for hydroxylation is 2. The van der Waals surface area contributed by atoms with E-state index in [0.717, 1.165) is 25.2 Å². The molecule has 7 nitrogen and oxygen atoms in total. The Morgan fingerprint density at radius 3 is 2.65 bits per heavy atom. The van der Waals surface area contributed by atoms with E-state index in [0.29, 0.717) is 23.6 Å². The summed E-state index contributed by atoms with van der Waals surface area (Å²) in [6, 6.07) is 3.23. The Morgan fingerprint density at radius 1 is 1.27 bits per heavy atom. The molecule has 26 heavy (non-hydrogen) atoms.